The highest BCUT2D eigenvalue weighted by molar-refractivity contribution is 7.80. The smallest absolute Gasteiger partial charge is 0.401 e. The van der Waals surface area contributed by atoms with Crippen LogP contribution in [0, 0.1) is 5.92 Å². The van der Waals surface area contributed by atoms with Crippen LogP contribution in [0.1, 0.15) is 6.42 Å². The van der Waals surface area contributed by atoms with Crippen molar-refractivity contribution in [2.45, 2.75) is 24.7 Å². The van der Waals surface area contributed by atoms with Gasteiger partial charge in [-0.3, -0.25) is 4.79 Å². The predicted octanol–water partition coefficient (Wildman–Crippen LogP) is 0.795. The highest BCUT2D eigenvalue weighted by atomic mass is 32.1. The number of aliphatic carboxylic acids is 1. The number of amides is 1. The van der Waals surface area contributed by atoms with Gasteiger partial charge in [0.15, 0.2) is 0 Å². The third-order valence-electron chi connectivity index (χ3n) is 3.04. The molecule has 1 saturated heterocycles. The maximum atomic E-state index is 12.7. The molecule has 9 heteroatoms. The number of methoxy groups -OCH3 is 1. The molecule has 0 aromatic carbocycles. The molecule has 0 aromatic heterocycles. The molecule has 0 bridgehead atoms. The van der Waals surface area contributed by atoms with Crippen molar-refractivity contribution in [2.24, 2.45) is 5.92 Å². The van der Waals surface area contributed by atoms with E-state index in [0.717, 1.165) is 0 Å². The first-order chi connectivity index (χ1) is 8.72. The van der Waals surface area contributed by atoms with Crippen LogP contribution in [0.3, 0.4) is 0 Å². The number of likely N-dealkylation sites (tertiary alicyclic amines) is 1. The first-order valence-electron chi connectivity index (χ1n) is 5.46. The Kier molecular flexibility index (Phi) is 5.08. The third kappa shape index (κ3) is 3.53. The van der Waals surface area contributed by atoms with E-state index in [2.05, 4.69) is 12.6 Å². The summed E-state index contributed by atoms with van der Waals surface area (Å²) in [4.78, 5) is 23.5. The first-order valence-corrected chi connectivity index (χ1v) is 6.09. The van der Waals surface area contributed by atoms with Gasteiger partial charge in [0.2, 0.25) is 5.91 Å². The van der Waals surface area contributed by atoms with Crippen molar-refractivity contribution in [1.82, 2.24) is 4.90 Å². The van der Waals surface area contributed by atoms with E-state index in [9.17, 15) is 22.8 Å². The topological polar surface area (TPSA) is 66.8 Å². The van der Waals surface area contributed by atoms with Crippen LogP contribution in [0.5, 0.6) is 0 Å². The Morgan fingerprint density at radius 2 is 2.11 bits per heavy atom. The van der Waals surface area contributed by atoms with Gasteiger partial charge in [-0.25, -0.2) is 4.79 Å². The van der Waals surface area contributed by atoms with Gasteiger partial charge in [0.25, 0.3) is 0 Å². The van der Waals surface area contributed by atoms with Crippen molar-refractivity contribution in [3.63, 3.8) is 0 Å². The van der Waals surface area contributed by atoms with Crippen molar-refractivity contribution in [2.75, 3.05) is 19.4 Å². The molecule has 110 valence electrons. The van der Waals surface area contributed by atoms with Crippen molar-refractivity contribution in [3.05, 3.63) is 0 Å². The van der Waals surface area contributed by atoms with E-state index in [1.54, 1.807) is 0 Å². The number of hydrogen-bond donors (Lipinski definition) is 2. The second-order valence-corrected chi connectivity index (χ2v) is 4.58. The Hall–Kier alpha value is -0.960. The van der Waals surface area contributed by atoms with Crippen LogP contribution < -0.4 is 0 Å². The van der Waals surface area contributed by atoms with Gasteiger partial charge in [-0.2, -0.15) is 25.8 Å². The van der Waals surface area contributed by atoms with Gasteiger partial charge in [-0.15, -0.1) is 0 Å². The van der Waals surface area contributed by atoms with Crippen molar-refractivity contribution in [3.8, 4) is 0 Å². The molecule has 1 aliphatic rings. The Bertz CT molecular complexity index is 363. The lowest BCUT2D eigenvalue weighted by Crippen LogP contribution is -2.48. The predicted molar refractivity (Wildman–Crippen MR) is 61.9 cm³/mol. The molecule has 0 spiro atoms. The number of carboxylic acid groups (broad SMARTS) is 1. The highest BCUT2D eigenvalue weighted by Crippen LogP contribution is 2.31. The summed E-state index contributed by atoms with van der Waals surface area (Å²) in [6.45, 7) is -0.160. The Balaban J connectivity index is 2.93. The molecule has 1 rings (SSSR count). The van der Waals surface area contributed by atoms with Crippen LogP contribution >= 0.6 is 12.6 Å². The summed E-state index contributed by atoms with van der Waals surface area (Å²) in [6, 6.07) is -1.29. The Morgan fingerprint density at radius 3 is 2.47 bits per heavy atom. The monoisotopic (exact) mass is 301 g/mol. The summed E-state index contributed by atoms with van der Waals surface area (Å²) in [6.07, 6.45) is -5.33. The number of carbonyl (C=O) groups is 2. The van der Waals surface area contributed by atoms with Crippen molar-refractivity contribution >= 4 is 24.5 Å². The molecule has 0 saturated carbocycles. The molecule has 1 N–H and O–H groups in total. The molecular weight excluding hydrogens is 287 g/mol. The zero-order valence-corrected chi connectivity index (χ0v) is 10.9. The van der Waals surface area contributed by atoms with E-state index >= 15 is 0 Å². The largest absolute Gasteiger partial charge is 0.480 e. The minimum Gasteiger partial charge on any atom is -0.480 e. The summed E-state index contributed by atoms with van der Waals surface area (Å²) in [5.41, 5.74) is 0. The first kappa shape index (κ1) is 16.1. The molecule has 19 heavy (non-hydrogen) atoms. The SMILES string of the molecule is CO[C@H]1C[C@@H](C(=O)O)N(C(=O)C(CS)C(F)(F)F)C1. The van der Waals surface area contributed by atoms with Crippen molar-refractivity contribution in [1.29, 1.82) is 0 Å². The fourth-order valence-corrected chi connectivity index (χ4v) is 2.33. The van der Waals surface area contributed by atoms with Gasteiger partial charge < -0.3 is 14.7 Å². The Morgan fingerprint density at radius 1 is 1.53 bits per heavy atom. The number of carbonyl (C=O) groups excluding carboxylic acids is 1. The molecule has 1 fully saturated rings. The number of hydrogen-bond acceptors (Lipinski definition) is 4. The molecule has 1 amide bonds. The lowest BCUT2D eigenvalue weighted by molar-refractivity contribution is -0.186. The third-order valence-corrected chi connectivity index (χ3v) is 3.41. The second kappa shape index (κ2) is 6.00. The van der Waals surface area contributed by atoms with Crippen LogP contribution in [-0.4, -0.2) is 59.6 Å². The molecule has 3 atom stereocenters. The van der Waals surface area contributed by atoms with Gasteiger partial charge >= 0.3 is 12.1 Å². The van der Waals surface area contributed by atoms with Gasteiger partial charge in [0.05, 0.1) is 6.10 Å². The van der Waals surface area contributed by atoms with Crippen LogP contribution in [0.4, 0.5) is 13.2 Å². The van der Waals surface area contributed by atoms with Crippen LogP contribution in [0.15, 0.2) is 0 Å². The molecule has 1 heterocycles. The number of alkyl halides is 3. The van der Waals surface area contributed by atoms with Crippen LogP contribution in [0.25, 0.3) is 0 Å². The lowest BCUT2D eigenvalue weighted by Gasteiger charge is -2.27. The summed E-state index contributed by atoms with van der Waals surface area (Å²) < 4.78 is 42.9. The minimum atomic E-state index is -4.74. The molecule has 1 aliphatic heterocycles. The number of rotatable bonds is 4. The maximum absolute atomic E-state index is 12.7. The number of ether oxygens (including phenoxy) is 1. The average Bonchev–Trinajstić information content (AvgIpc) is 2.71. The van der Waals surface area contributed by atoms with E-state index in [1.165, 1.54) is 7.11 Å². The van der Waals surface area contributed by atoms with Crippen LogP contribution in [-0.2, 0) is 14.3 Å². The number of halogens is 3. The number of carboxylic acids is 1. The quantitative estimate of drug-likeness (QED) is 0.754. The number of nitrogens with zero attached hydrogens (tertiary/aromatic N) is 1. The normalized spacial score (nSPS) is 25.4. The van der Waals surface area contributed by atoms with E-state index in [0.29, 0.717) is 4.90 Å². The Labute approximate surface area is 113 Å². The molecule has 0 aliphatic carbocycles. The molecular formula is C10H14F3NO4S. The average molecular weight is 301 g/mol. The van der Waals surface area contributed by atoms with Crippen molar-refractivity contribution < 1.29 is 32.6 Å². The van der Waals surface area contributed by atoms with Gasteiger partial charge in [-0.1, -0.05) is 0 Å². The number of thiol groups is 1. The summed E-state index contributed by atoms with van der Waals surface area (Å²) in [7, 11) is 1.32. The fourth-order valence-electron chi connectivity index (χ4n) is 1.97. The maximum Gasteiger partial charge on any atom is 0.401 e. The van der Waals surface area contributed by atoms with E-state index < -0.39 is 41.9 Å². The van der Waals surface area contributed by atoms with E-state index in [4.69, 9.17) is 9.84 Å². The van der Waals surface area contributed by atoms with E-state index in [-0.39, 0.29) is 13.0 Å². The molecule has 0 radical (unpaired) electrons. The molecule has 1 unspecified atom stereocenters. The summed E-state index contributed by atoms with van der Waals surface area (Å²) in [5.74, 6) is -5.63. The highest BCUT2D eigenvalue weighted by Gasteiger charge is 2.50. The zero-order chi connectivity index (χ0) is 14.8. The lowest BCUT2D eigenvalue weighted by atomic mass is 10.1. The zero-order valence-electron chi connectivity index (χ0n) is 10.1. The second-order valence-electron chi connectivity index (χ2n) is 4.21. The van der Waals surface area contributed by atoms with Gasteiger partial charge in [0.1, 0.15) is 12.0 Å². The summed E-state index contributed by atoms with van der Waals surface area (Å²) >= 11 is 3.52. The molecule has 0 aromatic rings. The van der Waals surface area contributed by atoms with Crippen LogP contribution in [0.2, 0.25) is 0 Å². The minimum absolute atomic E-state index is 0.0191. The molecule has 5 nitrogen and oxygen atoms in total. The van der Waals surface area contributed by atoms with Gasteiger partial charge in [-0.05, 0) is 0 Å². The summed E-state index contributed by atoms with van der Waals surface area (Å²) in [5, 5.41) is 8.95. The standard InChI is InChI=1S/C10H14F3NO4S/c1-18-5-2-7(9(16)17)14(3-5)8(15)6(4-19)10(11,12)13/h5-7,19H,2-4H2,1H3,(H,16,17)/t5-,6?,7-/m0/s1. The van der Waals surface area contributed by atoms with E-state index in [1.807, 2.05) is 0 Å². The van der Waals surface area contributed by atoms with Gasteiger partial charge in [0, 0.05) is 25.8 Å². The fraction of sp³-hybridized carbons (Fsp3) is 0.800.